The molecule has 0 saturated carbocycles. The number of aromatic carboxylic acids is 1. The van der Waals surface area contributed by atoms with Gasteiger partial charge in [0.05, 0.1) is 7.11 Å². The van der Waals surface area contributed by atoms with E-state index in [-0.39, 0.29) is 11.6 Å². The first-order valence-corrected chi connectivity index (χ1v) is 8.94. The van der Waals surface area contributed by atoms with Crippen molar-refractivity contribution in [3.63, 3.8) is 0 Å². The fraction of sp³-hybridized carbons (Fsp3) is 0.333. The second kappa shape index (κ2) is 9.07. The molecule has 144 valence electrons. The summed E-state index contributed by atoms with van der Waals surface area (Å²) in [6.07, 6.45) is 1.87. The van der Waals surface area contributed by atoms with Gasteiger partial charge >= 0.3 is 12.0 Å². The van der Waals surface area contributed by atoms with Gasteiger partial charge in [0.2, 0.25) is 0 Å². The lowest BCUT2D eigenvalue weighted by atomic mass is 9.98. The van der Waals surface area contributed by atoms with Crippen LogP contribution in [0.4, 0.5) is 10.5 Å². The molecule has 0 radical (unpaired) electrons. The number of carboxylic acids is 1. The van der Waals surface area contributed by atoms with Gasteiger partial charge < -0.3 is 15.2 Å². The number of carboxylic acid groups (broad SMARTS) is 1. The van der Waals surface area contributed by atoms with Gasteiger partial charge in [0.1, 0.15) is 11.3 Å². The van der Waals surface area contributed by atoms with Crippen molar-refractivity contribution in [3.05, 3.63) is 47.5 Å². The summed E-state index contributed by atoms with van der Waals surface area (Å²) in [5.74, 6) is -0.680. The van der Waals surface area contributed by atoms with Gasteiger partial charge in [0, 0.05) is 19.3 Å². The Bertz CT molecular complexity index is 833. The van der Waals surface area contributed by atoms with Crippen molar-refractivity contribution in [2.75, 3.05) is 25.6 Å². The number of anilines is 1. The molecule has 0 aromatic heterocycles. The van der Waals surface area contributed by atoms with E-state index < -0.39 is 5.97 Å². The van der Waals surface area contributed by atoms with Crippen molar-refractivity contribution in [1.82, 2.24) is 5.32 Å². The highest BCUT2D eigenvalue weighted by atomic mass is 16.5. The van der Waals surface area contributed by atoms with E-state index in [1.807, 2.05) is 37.3 Å². The van der Waals surface area contributed by atoms with Crippen LogP contribution in [0.3, 0.4) is 0 Å². The third-order valence-electron chi connectivity index (χ3n) is 4.39. The molecule has 0 spiro atoms. The highest BCUT2D eigenvalue weighted by Gasteiger charge is 2.17. The fourth-order valence-corrected chi connectivity index (χ4v) is 3.02. The number of nitrogens with one attached hydrogen (secondary N) is 1. The minimum atomic E-state index is -1.04. The highest BCUT2D eigenvalue weighted by molar-refractivity contribution is 5.95. The van der Waals surface area contributed by atoms with E-state index in [1.54, 1.807) is 18.0 Å². The summed E-state index contributed by atoms with van der Waals surface area (Å²) < 4.78 is 5.24. The topological polar surface area (TPSA) is 78.9 Å². The van der Waals surface area contributed by atoms with Crippen LogP contribution in [-0.2, 0) is 0 Å². The van der Waals surface area contributed by atoms with E-state index in [0.717, 1.165) is 35.2 Å². The maximum Gasteiger partial charge on any atom is 0.339 e. The van der Waals surface area contributed by atoms with Gasteiger partial charge in [-0.15, -0.1) is 0 Å². The number of unbranched alkanes of at least 4 members (excludes halogenated alkanes) is 1. The molecular weight excluding hydrogens is 344 g/mol. The molecule has 0 heterocycles. The molecule has 6 heteroatoms. The first-order chi connectivity index (χ1) is 12.9. The zero-order valence-electron chi connectivity index (χ0n) is 16.2. The molecule has 0 unspecified atom stereocenters. The van der Waals surface area contributed by atoms with Crippen LogP contribution >= 0.6 is 0 Å². The van der Waals surface area contributed by atoms with Gasteiger partial charge in [-0.3, -0.25) is 4.90 Å². The molecule has 0 aliphatic carbocycles. The molecule has 2 rings (SSSR count). The standard InChI is InChI=1S/C21H26N2O4/c1-5-6-10-23(21(26)22-3)17-9-7-8-15(12-17)16-11-14(2)19(27-4)18(13-16)20(24)25/h7-9,11-13H,5-6,10H2,1-4H3,(H,22,26)(H,24,25). The number of amides is 2. The molecule has 27 heavy (non-hydrogen) atoms. The molecule has 0 saturated heterocycles. The SMILES string of the molecule is CCCCN(C(=O)NC)c1cccc(-c2cc(C)c(OC)c(C(=O)O)c2)c1. The summed E-state index contributed by atoms with van der Waals surface area (Å²) >= 11 is 0. The molecule has 0 fully saturated rings. The summed E-state index contributed by atoms with van der Waals surface area (Å²) in [6.45, 7) is 4.50. The Kier molecular flexibility index (Phi) is 6.82. The Balaban J connectivity index is 2.50. The average molecular weight is 370 g/mol. The molecule has 2 amide bonds. The Morgan fingerprint density at radius 3 is 2.52 bits per heavy atom. The Hall–Kier alpha value is -3.02. The lowest BCUT2D eigenvalue weighted by molar-refractivity contribution is 0.0693. The van der Waals surface area contributed by atoms with Gasteiger partial charge in [-0.1, -0.05) is 25.5 Å². The molecule has 2 aromatic carbocycles. The van der Waals surface area contributed by atoms with Crippen LogP contribution in [0.15, 0.2) is 36.4 Å². The van der Waals surface area contributed by atoms with E-state index in [0.29, 0.717) is 12.3 Å². The largest absolute Gasteiger partial charge is 0.496 e. The summed E-state index contributed by atoms with van der Waals surface area (Å²) in [5.41, 5.74) is 3.23. The van der Waals surface area contributed by atoms with Crippen LogP contribution in [0.5, 0.6) is 5.75 Å². The smallest absolute Gasteiger partial charge is 0.339 e. The molecule has 0 bridgehead atoms. The van der Waals surface area contributed by atoms with Crippen molar-refractivity contribution in [2.45, 2.75) is 26.7 Å². The third kappa shape index (κ3) is 4.58. The first-order valence-electron chi connectivity index (χ1n) is 8.94. The van der Waals surface area contributed by atoms with E-state index >= 15 is 0 Å². The molecular formula is C21H26N2O4. The molecule has 0 aliphatic heterocycles. The van der Waals surface area contributed by atoms with Crippen molar-refractivity contribution in [1.29, 1.82) is 0 Å². The number of carbonyl (C=O) groups is 2. The van der Waals surface area contributed by atoms with Gasteiger partial charge in [0.15, 0.2) is 0 Å². The fourth-order valence-electron chi connectivity index (χ4n) is 3.02. The Labute approximate surface area is 159 Å². The maximum atomic E-state index is 12.3. The minimum absolute atomic E-state index is 0.118. The van der Waals surface area contributed by atoms with E-state index in [4.69, 9.17) is 4.74 Å². The third-order valence-corrected chi connectivity index (χ3v) is 4.39. The van der Waals surface area contributed by atoms with E-state index in [2.05, 4.69) is 12.2 Å². The number of ether oxygens (including phenoxy) is 1. The summed E-state index contributed by atoms with van der Waals surface area (Å²) in [7, 11) is 3.07. The number of methoxy groups -OCH3 is 1. The maximum absolute atomic E-state index is 12.3. The van der Waals surface area contributed by atoms with Crippen LogP contribution < -0.4 is 15.0 Å². The average Bonchev–Trinajstić information content (AvgIpc) is 2.67. The first kappa shape index (κ1) is 20.3. The second-order valence-electron chi connectivity index (χ2n) is 6.29. The van der Waals surface area contributed by atoms with E-state index in [1.165, 1.54) is 7.11 Å². The monoisotopic (exact) mass is 370 g/mol. The molecule has 6 nitrogen and oxygen atoms in total. The number of hydrogen-bond acceptors (Lipinski definition) is 3. The van der Waals surface area contributed by atoms with Crippen LogP contribution in [0.25, 0.3) is 11.1 Å². The second-order valence-corrected chi connectivity index (χ2v) is 6.29. The molecule has 0 atom stereocenters. The number of carbonyl (C=O) groups excluding carboxylic acids is 1. The summed E-state index contributed by atoms with van der Waals surface area (Å²) in [5, 5.41) is 12.2. The normalized spacial score (nSPS) is 10.4. The van der Waals surface area contributed by atoms with Crippen LogP contribution in [0, 0.1) is 6.92 Å². The zero-order valence-corrected chi connectivity index (χ0v) is 16.2. The number of hydrogen-bond donors (Lipinski definition) is 2. The van der Waals surface area contributed by atoms with E-state index in [9.17, 15) is 14.7 Å². The molecule has 0 aliphatic rings. The van der Waals surface area contributed by atoms with Crippen molar-refractivity contribution < 1.29 is 19.4 Å². The van der Waals surface area contributed by atoms with Gasteiger partial charge in [-0.05, 0) is 54.3 Å². The molecule has 2 N–H and O–H groups in total. The molecule has 2 aromatic rings. The number of rotatable bonds is 7. The van der Waals surface area contributed by atoms with Gasteiger partial charge in [0.25, 0.3) is 0 Å². The Morgan fingerprint density at radius 1 is 1.19 bits per heavy atom. The Morgan fingerprint density at radius 2 is 1.93 bits per heavy atom. The summed E-state index contributed by atoms with van der Waals surface area (Å²) in [4.78, 5) is 25.6. The predicted molar refractivity (Wildman–Crippen MR) is 107 cm³/mol. The quantitative estimate of drug-likeness (QED) is 0.761. The number of nitrogens with zero attached hydrogens (tertiary/aromatic N) is 1. The lowest BCUT2D eigenvalue weighted by Gasteiger charge is -2.23. The number of aryl methyl sites for hydroxylation is 1. The predicted octanol–water partition coefficient (Wildman–Crippen LogP) is 4.31. The van der Waals surface area contributed by atoms with Crippen molar-refractivity contribution in [2.24, 2.45) is 0 Å². The number of urea groups is 1. The van der Waals surface area contributed by atoms with Crippen LogP contribution in [-0.4, -0.2) is 37.8 Å². The van der Waals surface area contributed by atoms with Crippen LogP contribution in [0.1, 0.15) is 35.7 Å². The van der Waals surface area contributed by atoms with Gasteiger partial charge in [-0.25, -0.2) is 9.59 Å². The summed E-state index contributed by atoms with van der Waals surface area (Å²) in [6, 6.07) is 10.9. The zero-order chi connectivity index (χ0) is 20.0. The highest BCUT2D eigenvalue weighted by Crippen LogP contribution is 2.32. The van der Waals surface area contributed by atoms with Crippen LogP contribution in [0.2, 0.25) is 0 Å². The van der Waals surface area contributed by atoms with Gasteiger partial charge in [-0.2, -0.15) is 0 Å². The lowest BCUT2D eigenvalue weighted by Crippen LogP contribution is -2.38. The van der Waals surface area contributed by atoms with Crippen molar-refractivity contribution >= 4 is 17.7 Å². The van der Waals surface area contributed by atoms with Crippen molar-refractivity contribution in [3.8, 4) is 16.9 Å². The number of benzene rings is 2. The minimum Gasteiger partial charge on any atom is -0.496 e.